The Morgan fingerprint density at radius 3 is 2.67 bits per heavy atom. The second kappa shape index (κ2) is 10.1. The van der Waals surface area contributed by atoms with Crippen molar-refractivity contribution in [2.75, 3.05) is 31.6 Å². The third kappa shape index (κ3) is 4.97. The molecular formula is C27H23F4N7OS. The van der Waals surface area contributed by atoms with Crippen molar-refractivity contribution < 1.29 is 22.4 Å². The summed E-state index contributed by atoms with van der Waals surface area (Å²) in [4.78, 5) is 25.9. The molecule has 1 saturated heterocycles. The van der Waals surface area contributed by atoms with Gasteiger partial charge in [0.05, 0.1) is 16.6 Å². The van der Waals surface area contributed by atoms with E-state index in [0.717, 1.165) is 22.4 Å². The van der Waals surface area contributed by atoms with Crippen molar-refractivity contribution in [2.45, 2.75) is 18.8 Å². The van der Waals surface area contributed by atoms with Crippen LogP contribution in [-0.4, -0.2) is 63.3 Å². The van der Waals surface area contributed by atoms with Crippen LogP contribution in [0.2, 0.25) is 0 Å². The first-order valence-electron chi connectivity index (χ1n) is 12.4. The lowest BCUT2D eigenvalue weighted by Gasteiger charge is -2.39. The summed E-state index contributed by atoms with van der Waals surface area (Å²) in [5.41, 5.74) is 0.907. The van der Waals surface area contributed by atoms with Crippen molar-refractivity contribution >= 4 is 44.2 Å². The Balaban J connectivity index is 1.19. The maximum absolute atomic E-state index is 14.0. The van der Waals surface area contributed by atoms with Gasteiger partial charge in [0.15, 0.2) is 5.65 Å². The van der Waals surface area contributed by atoms with E-state index in [4.69, 9.17) is 0 Å². The molecule has 1 aliphatic heterocycles. The Labute approximate surface area is 229 Å². The van der Waals surface area contributed by atoms with Crippen molar-refractivity contribution in [3.05, 3.63) is 77.3 Å². The number of hydrogen-bond acceptors (Lipinski definition) is 7. The number of nitrogens with zero attached hydrogens (tertiary/aromatic N) is 6. The molecule has 0 spiro atoms. The second-order valence-corrected chi connectivity index (χ2v) is 10.5. The number of nitrogens with one attached hydrogen (secondary N) is 1. The molecule has 206 valence electrons. The number of halogens is 4. The molecule has 1 aliphatic rings. The van der Waals surface area contributed by atoms with Gasteiger partial charge in [-0.25, -0.2) is 19.0 Å². The number of benzene rings is 2. The van der Waals surface area contributed by atoms with E-state index in [9.17, 15) is 22.4 Å². The van der Waals surface area contributed by atoms with E-state index < -0.39 is 17.8 Å². The number of alkyl halides is 3. The lowest BCUT2D eigenvalue weighted by Crippen LogP contribution is -2.57. The molecule has 0 saturated carbocycles. The molecule has 4 heterocycles. The van der Waals surface area contributed by atoms with Gasteiger partial charge in [-0.2, -0.15) is 13.2 Å². The predicted molar refractivity (Wildman–Crippen MR) is 144 cm³/mol. The number of thiophene rings is 1. The highest BCUT2D eigenvalue weighted by Crippen LogP contribution is 2.31. The fourth-order valence-electron chi connectivity index (χ4n) is 4.82. The SMILES string of the molecule is CN1CCN(c2ncnc3nn(-c4ccc(C(F)(F)F)cc4)cc23)C[C@@H]1C(=O)NCc1ccc2scc(F)c2c1. The number of carbonyl (C=O) groups excluding carboxylic acids is 1. The average Bonchev–Trinajstić information content (AvgIpc) is 3.55. The molecule has 0 unspecified atom stereocenters. The van der Waals surface area contributed by atoms with Gasteiger partial charge < -0.3 is 10.2 Å². The number of rotatable bonds is 5. The van der Waals surface area contributed by atoms with Crippen LogP contribution >= 0.6 is 11.3 Å². The summed E-state index contributed by atoms with van der Waals surface area (Å²) >= 11 is 1.34. The maximum Gasteiger partial charge on any atom is 0.416 e. The van der Waals surface area contributed by atoms with E-state index in [1.54, 1.807) is 12.3 Å². The van der Waals surface area contributed by atoms with Crippen LogP contribution in [0.15, 0.2) is 60.4 Å². The number of anilines is 1. The first-order valence-corrected chi connectivity index (χ1v) is 13.3. The molecule has 0 aliphatic carbocycles. The number of hydrogen-bond donors (Lipinski definition) is 1. The number of carbonyl (C=O) groups is 1. The van der Waals surface area contributed by atoms with Crippen LogP contribution in [0.5, 0.6) is 0 Å². The van der Waals surface area contributed by atoms with Crippen LogP contribution in [0.25, 0.3) is 26.8 Å². The van der Waals surface area contributed by atoms with Crippen molar-refractivity contribution in [1.29, 1.82) is 0 Å². The Morgan fingerprint density at radius 2 is 1.90 bits per heavy atom. The van der Waals surface area contributed by atoms with Crippen molar-refractivity contribution in [3.63, 3.8) is 0 Å². The summed E-state index contributed by atoms with van der Waals surface area (Å²) in [5, 5.41) is 10.0. The first-order chi connectivity index (χ1) is 19.2. The van der Waals surface area contributed by atoms with Crippen LogP contribution in [0, 0.1) is 5.82 Å². The molecule has 40 heavy (non-hydrogen) atoms. The largest absolute Gasteiger partial charge is 0.416 e. The molecule has 8 nitrogen and oxygen atoms in total. The molecule has 1 atom stereocenters. The van der Waals surface area contributed by atoms with Gasteiger partial charge in [0.1, 0.15) is 24.0 Å². The Kier molecular flexibility index (Phi) is 6.62. The van der Waals surface area contributed by atoms with E-state index in [0.29, 0.717) is 47.6 Å². The molecule has 5 aromatic rings. The number of piperazine rings is 1. The number of fused-ring (bicyclic) bond motifs is 2. The van der Waals surface area contributed by atoms with Gasteiger partial charge >= 0.3 is 6.18 Å². The Morgan fingerprint density at radius 1 is 1.10 bits per heavy atom. The Bertz CT molecular complexity index is 1700. The minimum absolute atomic E-state index is 0.163. The molecule has 6 rings (SSSR count). The summed E-state index contributed by atoms with van der Waals surface area (Å²) in [5.74, 6) is 0.157. The number of amides is 1. The van der Waals surface area contributed by atoms with Gasteiger partial charge in [0.2, 0.25) is 5.91 Å². The average molecular weight is 570 g/mol. The lowest BCUT2D eigenvalue weighted by molar-refractivity contribution is -0.137. The highest BCUT2D eigenvalue weighted by molar-refractivity contribution is 7.17. The Hall–Kier alpha value is -4.10. The third-order valence-electron chi connectivity index (χ3n) is 7.06. The molecule has 1 fully saturated rings. The molecule has 2 aromatic carbocycles. The third-order valence-corrected chi connectivity index (χ3v) is 8.00. The van der Waals surface area contributed by atoms with E-state index >= 15 is 0 Å². The van der Waals surface area contributed by atoms with Crippen molar-refractivity contribution in [1.82, 2.24) is 30.0 Å². The summed E-state index contributed by atoms with van der Waals surface area (Å²) in [6.07, 6.45) is -1.36. The summed E-state index contributed by atoms with van der Waals surface area (Å²) in [6.45, 7) is 1.83. The summed E-state index contributed by atoms with van der Waals surface area (Å²) in [6, 6.07) is 9.73. The fraction of sp³-hybridized carbons (Fsp3) is 0.259. The predicted octanol–water partition coefficient (Wildman–Crippen LogP) is 4.62. The topological polar surface area (TPSA) is 79.2 Å². The lowest BCUT2D eigenvalue weighted by atomic mass is 10.1. The fourth-order valence-corrected chi connectivity index (χ4v) is 5.61. The van der Waals surface area contributed by atoms with Gasteiger partial charge in [-0.3, -0.25) is 9.69 Å². The van der Waals surface area contributed by atoms with E-state index in [-0.39, 0.29) is 18.3 Å². The zero-order valence-electron chi connectivity index (χ0n) is 21.2. The number of aromatic nitrogens is 4. The first kappa shape index (κ1) is 26.1. The molecule has 1 amide bonds. The van der Waals surface area contributed by atoms with Crippen LogP contribution in [0.4, 0.5) is 23.4 Å². The number of likely N-dealkylation sites (N-methyl/N-ethyl adjacent to an activating group) is 1. The van der Waals surface area contributed by atoms with E-state index in [1.165, 1.54) is 39.9 Å². The molecular weight excluding hydrogens is 546 g/mol. The van der Waals surface area contributed by atoms with Crippen LogP contribution < -0.4 is 10.2 Å². The van der Waals surface area contributed by atoms with Gasteiger partial charge in [-0.15, -0.1) is 16.4 Å². The molecule has 0 radical (unpaired) electrons. The van der Waals surface area contributed by atoms with E-state index in [1.807, 2.05) is 29.0 Å². The van der Waals surface area contributed by atoms with Crippen LogP contribution in [0.1, 0.15) is 11.1 Å². The monoisotopic (exact) mass is 569 g/mol. The van der Waals surface area contributed by atoms with Crippen molar-refractivity contribution in [2.24, 2.45) is 0 Å². The molecule has 3 aromatic heterocycles. The van der Waals surface area contributed by atoms with Gasteiger partial charge in [0, 0.05) is 47.8 Å². The van der Waals surface area contributed by atoms with Crippen LogP contribution in [0.3, 0.4) is 0 Å². The maximum atomic E-state index is 14.0. The second-order valence-electron chi connectivity index (χ2n) is 9.63. The zero-order valence-corrected chi connectivity index (χ0v) is 22.0. The smallest absolute Gasteiger partial charge is 0.353 e. The minimum atomic E-state index is -4.42. The van der Waals surface area contributed by atoms with Gasteiger partial charge in [0.25, 0.3) is 0 Å². The summed E-state index contributed by atoms with van der Waals surface area (Å²) < 4.78 is 55.2. The minimum Gasteiger partial charge on any atom is -0.353 e. The standard InChI is InChI=1S/C27H23F4N7OS/c1-36-8-9-37(13-22(36)26(39)32-11-16-2-7-23-19(10-16)21(28)14-40-23)25-20-12-38(35-24(20)33-15-34-25)18-5-3-17(4-6-18)27(29,30)31/h2-7,10,12,14-15,22H,8-9,11,13H2,1H3,(H,32,39)/t22-/m1/s1. The highest BCUT2D eigenvalue weighted by atomic mass is 32.1. The van der Waals surface area contributed by atoms with Gasteiger partial charge in [-0.05, 0) is 49.0 Å². The zero-order chi connectivity index (χ0) is 28.0. The quantitative estimate of drug-likeness (QED) is 0.311. The highest BCUT2D eigenvalue weighted by Gasteiger charge is 2.32. The van der Waals surface area contributed by atoms with Crippen molar-refractivity contribution in [3.8, 4) is 5.69 Å². The molecule has 0 bridgehead atoms. The molecule has 1 N–H and O–H groups in total. The molecule has 13 heteroatoms. The van der Waals surface area contributed by atoms with Crippen LogP contribution in [-0.2, 0) is 17.5 Å². The van der Waals surface area contributed by atoms with E-state index in [2.05, 4.69) is 20.4 Å². The summed E-state index contributed by atoms with van der Waals surface area (Å²) in [7, 11) is 1.88. The van der Waals surface area contributed by atoms with Gasteiger partial charge in [-0.1, -0.05) is 6.07 Å². The normalized spacial score (nSPS) is 16.6.